The van der Waals surface area contributed by atoms with Crippen LogP contribution in [0.15, 0.2) is 67.0 Å². The Bertz CT molecular complexity index is 1370. The Labute approximate surface area is 203 Å². The molecule has 2 amide bonds. The van der Waals surface area contributed by atoms with Crippen LogP contribution in [0, 0.1) is 6.92 Å². The number of anilines is 3. The molecule has 0 atom stereocenters. The van der Waals surface area contributed by atoms with Gasteiger partial charge in [-0.1, -0.05) is 45.0 Å². The molecule has 2 aromatic carbocycles. The highest BCUT2D eigenvalue weighted by molar-refractivity contribution is 6.07. The van der Waals surface area contributed by atoms with Crippen LogP contribution in [0.2, 0.25) is 0 Å². The van der Waals surface area contributed by atoms with E-state index in [4.69, 9.17) is 10.8 Å². The third kappa shape index (κ3) is 5.35. The number of hydrogen-bond acceptors (Lipinski definition) is 6. The lowest BCUT2D eigenvalue weighted by atomic mass is 9.92. The number of rotatable bonds is 5. The number of aryl methyl sites for hydroxylation is 1. The Balaban J connectivity index is 1.61. The van der Waals surface area contributed by atoms with Gasteiger partial charge in [-0.05, 0) is 42.8 Å². The fourth-order valence-electron chi connectivity index (χ4n) is 3.42. The number of nitrogens with one attached hydrogen (secondary N) is 2. The van der Waals surface area contributed by atoms with Crippen LogP contribution in [0.3, 0.4) is 0 Å². The Morgan fingerprint density at radius 2 is 1.54 bits per heavy atom. The highest BCUT2D eigenvalue weighted by atomic mass is 16.2. The fraction of sp³-hybridized carbons (Fsp3) is 0.192. The minimum Gasteiger partial charge on any atom is -0.368 e. The maximum absolute atomic E-state index is 13.3. The molecule has 0 spiro atoms. The summed E-state index contributed by atoms with van der Waals surface area (Å²) in [5.41, 5.74) is 9.29. The van der Waals surface area contributed by atoms with Crippen LogP contribution < -0.4 is 16.4 Å². The van der Waals surface area contributed by atoms with Crippen molar-refractivity contribution >= 4 is 29.1 Å². The number of amides is 2. The monoisotopic (exact) mass is 469 g/mol. The number of carbonyl (C=O) groups excluding carboxylic acids is 2. The molecule has 0 fully saturated rings. The van der Waals surface area contributed by atoms with Gasteiger partial charge in [-0.3, -0.25) is 9.59 Å². The number of para-hydroxylation sites is 1. The van der Waals surface area contributed by atoms with Gasteiger partial charge in [-0.25, -0.2) is 14.6 Å². The molecule has 0 bridgehead atoms. The molecule has 0 aliphatic rings. The number of benzene rings is 2. The molecule has 4 aromatic rings. The molecule has 4 rings (SSSR count). The summed E-state index contributed by atoms with van der Waals surface area (Å²) >= 11 is 0. The van der Waals surface area contributed by atoms with Crippen molar-refractivity contribution in [1.29, 1.82) is 0 Å². The van der Waals surface area contributed by atoms with E-state index >= 15 is 0 Å². The molecular weight excluding hydrogens is 442 g/mol. The summed E-state index contributed by atoms with van der Waals surface area (Å²) in [5, 5.41) is 10.3. The smallest absolute Gasteiger partial charge is 0.274 e. The van der Waals surface area contributed by atoms with Crippen molar-refractivity contribution in [3.05, 3.63) is 89.5 Å². The van der Waals surface area contributed by atoms with Crippen molar-refractivity contribution in [2.24, 2.45) is 0 Å². The van der Waals surface area contributed by atoms with E-state index in [-0.39, 0.29) is 23.2 Å². The first-order valence-electron chi connectivity index (χ1n) is 11.1. The molecule has 0 radical (unpaired) electrons. The van der Waals surface area contributed by atoms with Crippen LogP contribution >= 0.6 is 0 Å². The molecule has 2 aromatic heterocycles. The second-order valence-corrected chi connectivity index (χ2v) is 9.18. The first-order chi connectivity index (χ1) is 16.6. The van der Waals surface area contributed by atoms with Crippen LogP contribution in [0.4, 0.5) is 17.3 Å². The van der Waals surface area contributed by atoms with Crippen molar-refractivity contribution in [2.45, 2.75) is 33.1 Å². The maximum Gasteiger partial charge on any atom is 0.274 e. The lowest BCUT2D eigenvalue weighted by molar-refractivity contribution is 0.101. The largest absolute Gasteiger partial charge is 0.368 e. The second-order valence-electron chi connectivity index (χ2n) is 9.18. The predicted molar refractivity (Wildman–Crippen MR) is 136 cm³/mol. The Kier molecular flexibility index (Phi) is 6.33. The zero-order chi connectivity index (χ0) is 25.2. The van der Waals surface area contributed by atoms with E-state index in [1.165, 1.54) is 12.4 Å². The minimum absolute atomic E-state index is 0.119. The van der Waals surface area contributed by atoms with Crippen LogP contribution in [-0.2, 0) is 5.41 Å². The molecule has 0 aliphatic carbocycles. The summed E-state index contributed by atoms with van der Waals surface area (Å²) < 4.78 is 1.64. The molecule has 2 heterocycles. The van der Waals surface area contributed by atoms with Crippen LogP contribution in [-0.4, -0.2) is 31.6 Å². The average Bonchev–Trinajstić information content (AvgIpc) is 3.29. The van der Waals surface area contributed by atoms with Crippen molar-refractivity contribution in [3.8, 4) is 5.69 Å². The van der Waals surface area contributed by atoms with Gasteiger partial charge in [0.2, 0.25) is 5.95 Å². The number of aromatic nitrogens is 4. The number of nitrogens with zero attached hydrogens (tertiary/aromatic N) is 4. The van der Waals surface area contributed by atoms with Gasteiger partial charge in [0.15, 0.2) is 0 Å². The topological polar surface area (TPSA) is 128 Å². The van der Waals surface area contributed by atoms with Gasteiger partial charge in [0.05, 0.1) is 29.5 Å². The summed E-state index contributed by atoms with van der Waals surface area (Å²) in [4.78, 5) is 33.9. The summed E-state index contributed by atoms with van der Waals surface area (Å²) in [6.45, 7) is 7.95. The van der Waals surface area contributed by atoms with Gasteiger partial charge in [0.1, 0.15) is 5.69 Å². The van der Waals surface area contributed by atoms with E-state index in [0.29, 0.717) is 22.6 Å². The molecule has 4 N–H and O–H groups in total. The second kappa shape index (κ2) is 9.38. The van der Waals surface area contributed by atoms with Gasteiger partial charge < -0.3 is 16.4 Å². The number of carbonyl (C=O) groups is 2. The molecule has 178 valence electrons. The standard InChI is InChI=1S/C26H27N7O2/c1-16-10-11-17(12-20(16)23(34)31-18-14-28-25(27)29-15-18)30-24(35)21-13-22(26(2,3)4)32-33(21)19-8-6-5-7-9-19/h5-15H,1-4H3,(H,30,35)(H,31,34)(H2,27,28,29). The summed E-state index contributed by atoms with van der Waals surface area (Å²) in [7, 11) is 0. The van der Waals surface area contributed by atoms with Crippen LogP contribution in [0.5, 0.6) is 0 Å². The van der Waals surface area contributed by atoms with E-state index in [1.54, 1.807) is 28.9 Å². The Morgan fingerprint density at radius 3 is 2.20 bits per heavy atom. The van der Waals surface area contributed by atoms with Crippen LogP contribution in [0.25, 0.3) is 5.69 Å². The molecule has 0 aliphatic heterocycles. The van der Waals surface area contributed by atoms with E-state index in [2.05, 4.69) is 20.6 Å². The van der Waals surface area contributed by atoms with Gasteiger partial charge in [0, 0.05) is 16.7 Å². The zero-order valence-corrected chi connectivity index (χ0v) is 20.0. The number of nitrogen functional groups attached to an aromatic ring is 1. The van der Waals surface area contributed by atoms with Crippen molar-refractivity contribution in [3.63, 3.8) is 0 Å². The summed E-state index contributed by atoms with van der Waals surface area (Å²) in [6, 6.07) is 16.5. The van der Waals surface area contributed by atoms with E-state index < -0.39 is 0 Å². The molecule has 0 saturated carbocycles. The highest BCUT2D eigenvalue weighted by Crippen LogP contribution is 2.25. The third-order valence-electron chi connectivity index (χ3n) is 5.38. The van der Waals surface area contributed by atoms with E-state index in [0.717, 1.165) is 16.9 Å². The van der Waals surface area contributed by atoms with Gasteiger partial charge in [-0.2, -0.15) is 5.10 Å². The lowest BCUT2D eigenvalue weighted by Gasteiger charge is -2.14. The van der Waals surface area contributed by atoms with Crippen molar-refractivity contribution in [1.82, 2.24) is 19.7 Å². The summed E-state index contributed by atoms with van der Waals surface area (Å²) in [5.74, 6) is -0.566. The first-order valence-corrected chi connectivity index (χ1v) is 11.1. The number of nitrogens with two attached hydrogens (primary N) is 1. The van der Waals surface area contributed by atoms with Crippen LogP contribution in [0.1, 0.15) is 52.9 Å². The molecule has 35 heavy (non-hydrogen) atoms. The SMILES string of the molecule is Cc1ccc(NC(=O)c2cc(C(C)(C)C)nn2-c2ccccc2)cc1C(=O)Nc1cnc(N)nc1. The average molecular weight is 470 g/mol. The predicted octanol–water partition coefficient (Wildman–Crippen LogP) is 4.36. The fourth-order valence-corrected chi connectivity index (χ4v) is 3.42. The quantitative estimate of drug-likeness (QED) is 0.399. The molecule has 9 heteroatoms. The van der Waals surface area contributed by atoms with Gasteiger partial charge in [0.25, 0.3) is 11.8 Å². The van der Waals surface area contributed by atoms with Crippen molar-refractivity contribution < 1.29 is 9.59 Å². The zero-order valence-electron chi connectivity index (χ0n) is 20.0. The normalized spacial score (nSPS) is 11.2. The highest BCUT2D eigenvalue weighted by Gasteiger charge is 2.24. The van der Waals surface area contributed by atoms with Gasteiger partial charge >= 0.3 is 0 Å². The van der Waals surface area contributed by atoms with E-state index in [9.17, 15) is 9.59 Å². The Hall–Kier alpha value is -4.53. The first kappa shape index (κ1) is 23.6. The van der Waals surface area contributed by atoms with Gasteiger partial charge in [-0.15, -0.1) is 0 Å². The molecule has 0 unspecified atom stereocenters. The van der Waals surface area contributed by atoms with Crippen molar-refractivity contribution in [2.75, 3.05) is 16.4 Å². The molecule has 9 nitrogen and oxygen atoms in total. The lowest BCUT2D eigenvalue weighted by Crippen LogP contribution is -2.18. The number of hydrogen-bond donors (Lipinski definition) is 3. The third-order valence-corrected chi connectivity index (χ3v) is 5.38. The Morgan fingerprint density at radius 1 is 0.886 bits per heavy atom. The minimum atomic E-state index is -0.351. The molecular formula is C26H27N7O2. The molecule has 0 saturated heterocycles. The van der Waals surface area contributed by atoms with E-state index in [1.807, 2.05) is 58.0 Å². The summed E-state index contributed by atoms with van der Waals surface area (Å²) in [6.07, 6.45) is 2.86. The maximum atomic E-state index is 13.3.